The molecular formula is C70H114O36. The molecule has 0 aliphatic heterocycles. The first-order valence-corrected chi connectivity index (χ1v) is 33.7. The van der Waals surface area contributed by atoms with Crippen LogP contribution in [0, 0.1) is 49.7 Å². The molecule has 18 N–H and O–H groups in total. The zero-order chi connectivity index (χ0) is 82.7. The van der Waals surface area contributed by atoms with Crippen molar-refractivity contribution in [3.05, 3.63) is 59.3 Å². The van der Waals surface area contributed by atoms with Crippen molar-refractivity contribution in [1.82, 2.24) is 0 Å². The van der Waals surface area contributed by atoms with Crippen molar-refractivity contribution < 1.29 is 178 Å². The monoisotopic (exact) mass is 1530 g/mol. The lowest BCUT2D eigenvalue weighted by atomic mass is 9.83. The first kappa shape index (κ1) is 104. The number of carboxylic acids is 6. The van der Waals surface area contributed by atoms with E-state index in [4.69, 9.17) is 99.9 Å². The molecule has 2 atom stereocenters. The fourth-order valence-corrected chi connectivity index (χ4v) is 7.95. The van der Waals surface area contributed by atoms with Crippen molar-refractivity contribution in [2.75, 3.05) is 119 Å². The lowest BCUT2D eigenvalue weighted by molar-refractivity contribution is -0.162. The topological polar surface area (TPSA) is 624 Å². The van der Waals surface area contributed by atoms with E-state index in [1.165, 1.54) is 20.8 Å². The summed E-state index contributed by atoms with van der Waals surface area (Å²) in [6, 6.07) is 0. The summed E-state index contributed by atoms with van der Waals surface area (Å²) in [6.45, 7) is 10.2. The Hall–Kier alpha value is -8.14. The molecule has 0 radical (unpaired) electrons. The lowest BCUT2D eigenvalue weighted by Crippen LogP contribution is -2.38. The molecule has 106 heavy (non-hydrogen) atoms. The second-order valence-corrected chi connectivity index (χ2v) is 26.0. The fourth-order valence-electron chi connectivity index (χ4n) is 7.95. The largest absolute Gasteiger partial charge is 0.481 e. The van der Waals surface area contributed by atoms with E-state index in [0.717, 1.165) is 31.1 Å². The van der Waals surface area contributed by atoms with E-state index in [0.29, 0.717) is 63.5 Å². The number of aliphatic carboxylic acids is 6. The molecule has 1 fully saturated rings. The normalized spacial score (nSPS) is 15.0. The maximum absolute atomic E-state index is 12.0. The van der Waals surface area contributed by atoms with Crippen LogP contribution in [0.2, 0.25) is 0 Å². The van der Waals surface area contributed by atoms with Crippen LogP contribution in [-0.4, -0.2) is 282 Å². The number of hydrogen-bond acceptors (Lipinski definition) is 30. The third-order valence-corrected chi connectivity index (χ3v) is 18.3. The number of carbonyl (C=O) groups is 12. The van der Waals surface area contributed by atoms with Crippen molar-refractivity contribution in [1.29, 1.82) is 0 Å². The molecule has 2 aliphatic carbocycles. The zero-order valence-electron chi connectivity index (χ0n) is 61.8. The molecule has 0 amide bonds. The van der Waals surface area contributed by atoms with Crippen LogP contribution in [0.4, 0.5) is 0 Å². The van der Waals surface area contributed by atoms with E-state index in [-0.39, 0.29) is 148 Å². The van der Waals surface area contributed by atoms with Crippen LogP contribution in [-0.2, 0) is 86.0 Å². The minimum atomic E-state index is -1.25. The van der Waals surface area contributed by atoms with E-state index < -0.39 is 121 Å². The van der Waals surface area contributed by atoms with Crippen LogP contribution in [0.15, 0.2) is 59.3 Å². The average Bonchev–Trinajstić information content (AvgIpc) is 1.64. The molecule has 1 saturated carbocycles. The van der Waals surface area contributed by atoms with E-state index in [1.807, 2.05) is 0 Å². The first-order valence-electron chi connectivity index (χ1n) is 33.7. The molecular weight excluding hydrogens is 1420 g/mol. The zero-order valence-corrected chi connectivity index (χ0v) is 61.8. The Bertz CT molecular complexity index is 2750. The summed E-state index contributed by atoms with van der Waals surface area (Å²) >= 11 is 0. The molecule has 2 unspecified atom stereocenters. The number of esters is 6. The van der Waals surface area contributed by atoms with Gasteiger partial charge in [-0.2, -0.15) is 0 Å². The quantitative estimate of drug-likeness (QED) is 0.0171. The summed E-state index contributed by atoms with van der Waals surface area (Å²) < 4.78 is 29.4. The summed E-state index contributed by atoms with van der Waals surface area (Å²) in [5.41, 5.74) is -5.81. The van der Waals surface area contributed by atoms with Crippen molar-refractivity contribution >= 4 is 71.6 Å². The highest BCUT2D eigenvalue weighted by atomic mass is 16.6. The lowest BCUT2D eigenvalue weighted by Gasteiger charge is -2.29. The minimum absolute atomic E-state index is 0.00313. The highest BCUT2D eigenvalue weighted by Crippen LogP contribution is 2.52. The van der Waals surface area contributed by atoms with Crippen LogP contribution in [0.1, 0.15) is 139 Å². The molecule has 0 aromatic heterocycles. The summed E-state index contributed by atoms with van der Waals surface area (Å²) in [5.74, 6) is -12.5. The molecule has 0 heterocycles. The molecule has 2 aliphatic rings. The van der Waals surface area contributed by atoms with E-state index in [1.54, 1.807) is 53.7 Å². The van der Waals surface area contributed by atoms with Gasteiger partial charge in [-0.3, -0.25) is 19.2 Å². The average molecular weight is 1530 g/mol. The van der Waals surface area contributed by atoms with Gasteiger partial charge in [-0.25, -0.2) is 38.4 Å². The summed E-state index contributed by atoms with van der Waals surface area (Å²) in [6.07, 6.45) is 12.2. The van der Waals surface area contributed by atoms with Gasteiger partial charge in [0.05, 0.1) is 136 Å². The van der Waals surface area contributed by atoms with Crippen molar-refractivity contribution in [2.24, 2.45) is 49.7 Å². The minimum Gasteiger partial charge on any atom is -0.481 e. The summed E-state index contributed by atoms with van der Waals surface area (Å²) in [4.78, 5) is 132. The van der Waals surface area contributed by atoms with Gasteiger partial charge in [-0.15, -0.1) is 0 Å². The van der Waals surface area contributed by atoms with Gasteiger partial charge in [0, 0.05) is 47.1 Å². The molecule has 36 heteroatoms. The Kier molecular flexibility index (Phi) is 53.5. The standard InChI is InChI=1S/C14H22O6.C13H22O6.C12H20O6.C11H18O6.2C10H16O6/c1-2-14(7-15,8-16)9-20-13(19)11-6-4-3-5-10(11)12(17)18;1-2-12(7-14,8-15)9-19-11(18)6-13(3-4-13)5-10(16)17;1-4-12(5-13,6-14)7-18-11(17)9(3)8(2)10(15)16;1-3-11(5-12,6-13)7-17-9(14)4-8(2)10(15)16;2*1-2-10(5-11,6-12)7-16-9(15)4-3-8(13)14/h3-4,10-11,15-16H,2,5-9H2,1H3,(H,17,18);14-15H,2-9H2,1H3,(H,16,17);13-14H,4-7H2,1-3H3,(H,15,16);4,12-13H,3,5-7H2,1-2H3,(H,15,16);2*3-4,11-12H,2,5-7H2,1H3,(H,13,14)/b;;9-8-;8-4-;4-3+;4-3-. The second kappa shape index (κ2) is 54.4. The first-order chi connectivity index (χ1) is 49.6. The number of aliphatic hydroxyl groups excluding tert-OH is 12. The third-order valence-electron chi connectivity index (χ3n) is 18.3. The predicted octanol–water partition coefficient (Wildman–Crippen LogP) is 0.509. The number of aliphatic hydroxyl groups is 12. The molecule has 0 bridgehead atoms. The number of allylic oxidation sites excluding steroid dienone is 2. The van der Waals surface area contributed by atoms with Gasteiger partial charge in [-0.05, 0) is 90.4 Å². The molecule has 36 nitrogen and oxygen atoms in total. The van der Waals surface area contributed by atoms with Gasteiger partial charge in [-0.1, -0.05) is 53.7 Å². The van der Waals surface area contributed by atoms with Crippen LogP contribution in [0.3, 0.4) is 0 Å². The van der Waals surface area contributed by atoms with Crippen molar-refractivity contribution in [2.45, 2.75) is 139 Å². The maximum atomic E-state index is 12.0. The van der Waals surface area contributed by atoms with Gasteiger partial charge < -0.3 is 120 Å². The van der Waals surface area contributed by atoms with Crippen LogP contribution in [0.25, 0.3) is 0 Å². The molecule has 0 spiro atoms. The van der Waals surface area contributed by atoms with Gasteiger partial charge in [0.2, 0.25) is 0 Å². The number of rotatable bonds is 44. The highest BCUT2D eigenvalue weighted by Gasteiger charge is 2.47. The Balaban J connectivity index is -0.000000590. The predicted molar refractivity (Wildman–Crippen MR) is 370 cm³/mol. The Morgan fingerprint density at radius 3 is 0.953 bits per heavy atom. The Labute approximate surface area is 614 Å². The number of ether oxygens (including phenoxy) is 6. The van der Waals surface area contributed by atoms with Crippen molar-refractivity contribution in [3.63, 3.8) is 0 Å². The van der Waals surface area contributed by atoms with Gasteiger partial charge in [0.25, 0.3) is 0 Å². The van der Waals surface area contributed by atoms with E-state index in [9.17, 15) is 78.0 Å². The van der Waals surface area contributed by atoms with E-state index >= 15 is 0 Å². The van der Waals surface area contributed by atoms with Gasteiger partial charge in [0.1, 0.15) is 39.6 Å². The van der Waals surface area contributed by atoms with Crippen LogP contribution >= 0.6 is 0 Å². The Morgan fingerprint density at radius 2 is 0.679 bits per heavy atom. The Morgan fingerprint density at radius 1 is 0.377 bits per heavy atom. The van der Waals surface area contributed by atoms with E-state index in [2.05, 4.69) is 0 Å². The van der Waals surface area contributed by atoms with Gasteiger partial charge >= 0.3 is 71.6 Å². The number of carboxylic acid groups (broad SMARTS) is 6. The molecule has 0 aromatic rings. The summed E-state index contributed by atoms with van der Waals surface area (Å²) in [7, 11) is 0. The maximum Gasteiger partial charge on any atom is 0.334 e. The molecule has 0 saturated heterocycles. The van der Waals surface area contributed by atoms with Crippen molar-refractivity contribution in [3.8, 4) is 0 Å². The third kappa shape index (κ3) is 40.5. The second-order valence-electron chi connectivity index (χ2n) is 26.0. The molecule has 0 aromatic carbocycles. The number of carbonyl (C=O) groups excluding carboxylic acids is 6. The smallest absolute Gasteiger partial charge is 0.334 e. The molecule has 610 valence electrons. The number of hydrogen-bond donors (Lipinski definition) is 18. The van der Waals surface area contributed by atoms with Crippen LogP contribution < -0.4 is 0 Å². The highest BCUT2D eigenvalue weighted by molar-refractivity contribution is 5.99. The molecule has 2 rings (SSSR count). The SMILES string of the molecule is CCC(CO)(CO)COC(=O)/C(C)=C(/C)C(=O)O.CCC(CO)(CO)COC(=O)/C=C(/C)C(=O)O.CCC(CO)(CO)COC(=O)/C=C/C(=O)O.CCC(CO)(CO)COC(=O)/C=C\C(=O)O.CCC(CO)(CO)COC(=O)C1CC=CCC1C(=O)O.CCC(CO)(CO)COC(=O)CC1(CC(=O)O)CC1. The summed E-state index contributed by atoms with van der Waals surface area (Å²) in [5, 5.41) is 161. The fraction of sp³-hybridized carbons (Fsp3) is 0.686. The van der Waals surface area contributed by atoms with Crippen LogP contribution in [0.5, 0.6) is 0 Å². The van der Waals surface area contributed by atoms with Gasteiger partial charge in [0.15, 0.2) is 0 Å².